The van der Waals surface area contributed by atoms with Gasteiger partial charge in [-0.25, -0.2) is 0 Å². The molecule has 0 bridgehead atoms. The van der Waals surface area contributed by atoms with Gasteiger partial charge in [-0.15, -0.1) is 0 Å². The van der Waals surface area contributed by atoms with Crippen LogP contribution >= 0.6 is 0 Å². The van der Waals surface area contributed by atoms with Crippen LogP contribution in [0.25, 0.3) is 0 Å². The molecule has 16 heavy (non-hydrogen) atoms. The third-order valence-electron chi connectivity index (χ3n) is 3.02. The monoisotopic (exact) mass is 220 g/mol. The van der Waals surface area contributed by atoms with E-state index < -0.39 is 0 Å². The number of piperazine rings is 1. The minimum atomic E-state index is 0.244. The highest BCUT2D eigenvalue weighted by molar-refractivity contribution is 5.52. The van der Waals surface area contributed by atoms with Gasteiger partial charge in [0.05, 0.1) is 12.3 Å². The Labute approximate surface area is 96.3 Å². The number of anilines is 1. The molecule has 0 atom stereocenters. The fourth-order valence-electron chi connectivity index (χ4n) is 2.04. The third-order valence-corrected chi connectivity index (χ3v) is 3.02. The first-order chi connectivity index (χ1) is 7.79. The lowest BCUT2D eigenvalue weighted by atomic mass is 10.2. The zero-order valence-electron chi connectivity index (χ0n) is 9.39. The van der Waals surface area contributed by atoms with Crippen molar-refractivity contribution in [2.45, 2.75) is 0 Å². The Bertz CT molecular complexity index is 318. The Morgan fingerprint density at radius 1 is 1.06 bits per heavy atom. The summed E-state index contributed by atoms with van der Waals surface area (Å²) in [4.78, 5) is 4.60. The predicted octanol–water partition coefficient (Wildman–Crippen LogP) is 0.715. The lowest BCUT2D eigenvalue weighted by Gasteiger charge is -2.35. The molecule has 1 fully saturated rings. The molecule has 1 aliphatic heterocycles. The molecule has 0 amide bonds. The van der Waals surface area contributed by atoms with Crippen LogP contribution in [0.4, 0.5) is 11.4 Å². The molecule has 0 spiro atoms. The minimum Gasteiger partial charge on any atom is -0.395 e. The normalized spacial score (nSPS) is 17.7. The molecule has 0 saturated carbocycles. The van der Waals surface area contributed by atoms with Crippen molar-refractivity contribution in [3.05, 3.63) is 24.3 Å². The highest BCUT2D eigenvalue weighted by Gasteiger charge is 2.16. The smallest absolute Gasteiger partial charge is 0.0558 e. The van der Waals surface area contributed by atoms with Crippen molar-refractivity contribution in [1.29, 1.82) is 0 Å². The van der Waals surface area contributed by atoms with E-state index in [1.54, 1.807) is 0 Å². The van der Waals surface area contributed by atoms with Crippen molar-refractivity contribution < 1.29 is 5.11 Å². The van der Waals surface area contributed by atoms with Gasteiger partial charge < -0.3 is 15.7 Å². The fourth-order valence-corrected chi connectivity index (χ4v) is 2.04. The van der Waals surface area contributed by atoms with Crippen molar-refractivity contribution in [3.63, 3.8) is 0 Å². The molecule has 1 aromatic rings. The molecule has 1 aliphatic rings. The van der Waals surface area contributed by atoms with Crippen LogP contribution < -0.4 is 10.6 Å². The Hall–Kier alpha value is -1.26. The van der Waals surface area contributed by atoms with E-state index in [2.05, 4.69) is 9.80 Å². The van der Waals surface area contributed by atoms with Gasteiger partial charge in [0.15, 0.2) is 0 Å². The zero-order valence-corrected chi connectivity index (χ0v) is 9.39. The second-order valence-corrected chi connectivity index (χ2v) is 4.10. The molecule has 0 aliphatic carbocycles. The summed E-state index contributed by atoms with van der Waals surface area (Å²) in [5.74, 6) is 0. The summed E-state index contributed by atoms with van der Waals surface area (Å²) in [5, 5.41) is 8.86. The van der Waals surface area contributed by atoms with E-state index in [9.17, 15) is 0 Å². The van der Waals surface area contributed by atoms with Crippen LogP contribution in [0.15, 0.2) is 24.3 Å². The van der Waals surface area contributed by atoms with Crippen molar-refractivity contribution in [1.82, 2.24) is 10.6 Å². The minimum absolute atomic E-state index is 0.244. The molecule has 0 aromatic heterocycles. The van der Waals surface area contributed by atoms with Crippen molar-refractivity contribution in [2.24, 2.45) is 0 Å². The SMILES string of the molecule is [NH]c1ccc(N2CCN(CCO)CC2)cc1. The van der Waals surface area contributed by atoms with Crippen molar-refractivity contribution in [2.75, 3.05) is 44.2 Å². The molecular weight excluding hydrogens is 202 g/mol. The van der Waals surface area contributed by atoms with E-state index in [0.717, 1.165) is 32.7 Å². The number of benzene rings is 1. The second-order valence-electron chi connectivity index (χ2n) is 4.10. The molecule has 1 heterocycles. The molecule has 2 rings (SSSR count). The van der Waals surface area contributed by atoms with Crippen LogP contribution in [0, 0.1) is 0 Å². The molecule has 4 heteroatoms. The van der Waals surface area contributed by atoms with Gasteiger partial charge in [-0.05, 0) is 24.3 Å². The van der Waals surface area contributed by atoms with Crippen LogP contribution in [0.2, 0.25) is 0 Å². The molecule has 1 saturated heterocycles. The number of hydrogen-bond acceptors (Lipinski definition) is 3. The van der Waals surface area contributed by atoms with Gasteiger partial charge in [-0.3, -0.25) is 4.90 Å². The van der Waals surface area contributed by atoms with Crippen molar-refractivity contribution >= 4 is 11.4 Å². The number of nitrogens with one attached hydrogen (secondary N) is 1. The highest BCUT2D eigenvalue weighted by Crippen LogP contribution is 2.18. The Morgan fingerprint density at radius 3 is 2.25 bits per heavy atom. The molecular formula is C12H18N3O. The van der Waals surface area contributed by atoms with Crippen LogP contribution in [0.5, 0.6) is 0 Å². The quantitative estimate of drug-likeness (QED) is 0.816. The molecule has 0 unspecified atom stereocenters. The molecule has 87 valence electrons. The van der Waals surface area contributed by atoms with Gasteiger partial charge in [0.1, 0.15) is 0 Å². The van der Waals surface area contributed by atoms with Gasteiger partial charge in [-0.2, -0.15) is 0 Å². The number of aliphatic hydroxyl groups excluding tert-OH is 1. The average Bonchev–Trinajstić information content (AvgIpc) is 2.32. The summed E-state index contributed by atoms with van der Waals surface area (Å²) in [6.45, 7) is 5.02. The van der Waals surface area contributed by atoms with Gasteiger partial charge in [-0.1, -0.05) is 0 Å². The first kappa shape index (κ1) is 11.2. The highest BCUT2D eigenvalue weighted by atomic mass is 16.3. The van der Waals surface area contributed by atoms with E-state index in [1.807, 2.05) is 24.3 Å². The van der Waals surface area contributed by atoms with E-state index >= 15 is 0 Å². The molecule has 4 nitrogen and oxygen atoms in total. The summed E-state index contributed by atoms with van der Waals surface area (Å²) in [6.07, 6.45) is 0. The summed E-state index contributed by atoms with van der Waals surface area (Å²) >= 11 is 0. The van der Waals surface area contributed by atoms with Gasteiger partial charge in [0.25, 0.3) is 0 Å². The summed E-state index contributed by atoms with van der Waals surface area (Å²) in [6, 6.07) is 7.67. The Morgan fingerprint density at radius 2 is 1.69 bits per heavy atom. The summed E-state index contributed by atoms with van der Waals surface area (Å²) in [7, 11) is 0. The van der Waals surface area contributed by atoms with E-state index in [-0.39, 0.29) is 6.61 Å². The Balaban J connectivity index is 1.91. The van der Waals surface area contributed by atoms with Crippen LogP contribution in [0.1, 0.15) is 0 Å². The van der Waals surface area contributed by atoms with E-state index in [4.69, 9.17) is 10.8 Å². The van der Waals surface area contributed by atoms with Crippen molar-refractivity contribution in [3.8, 4) is 0 Å². The number of hydrogen-bond donors (Lipinski definition) is 1. The summed E-state index contributed by atoms with van der Waals surface area (Å²) in [5.41, 5.74) is 9.19. The van der Waals surface area contributed by atoms with E-state index in [1.165, 1.54) is 5.69 Å². The zero-order chi connectivity index (χ0) is 11.4. The lowest BCUT2D eigenvalue weighted by Crippen LogP contribution is -2.47. The maximum Gasteiger partial charge on any atom is 0.0558 e. The largest absolute Gasteiger partial charge is 0.395 e. The number of rotatable bonds is 3. The first-order valence-corrected chi connectivity index (χ1v) is 5.69. The third kappa shape index (κ3) is 2.65. The fraction of sp³-hybridized carbons (Fsp3) is 0.500. The second kappa shape index (κ2) is 5.18. The first-order valence-electron chi connectivity index (χ1n) is 5.69. The van der Waals surface area contributed by atoms with Gasteiger partial charge in [0, 0.05) is 38.4 Å². The average molecular weight is 220 g/mol. The maximum atomic E-state index is 8.86. The number of aliphatic hydroxyl groups is 1. The molecule has 2 N–H and O–H groups in total. The predicted molar refractivity (Wildman–Crippen MR) is 64.9 cm³/mol. The van der Waals surface area contributed by atoms with Gasteiger partial charge in [0.2, 0.25) is 0 Å². The lowest BCUT2D eigenvalue weighted by molar-refractivity contribution is 0.189. The van der Waals surface area contributed by atoms with E-state index in [0.29, 0.717) is 5.69 Å². The number of nitrogens with zero attached hydrogens (tertiary/aromatic N) is 2. The van der Waals surface area contributed by atoms with Crippen LogP contribution in [-0.4, -0.2) is 49.3 Å². The molecule has 1 radical (unpaired) electrons. The van der Waals surface area contributed by atoms with Crippen LogP contribution in [0.3, 0.4) is 0 Å². The molecule has 1 aromatic carbocycles. The maximum absolute atomic E-state index is 8.86. The Kier molecular flexibility index (Phi) is 3.64. The van der Waals surface area contributed by atoms with Crippen LogP contribution in [-0.2, 0) is 0 Å². The standard InChI is InChI=1S/C12H18N3O/c13-11-1-3-12(4-2-11)15-7-5-14(6-8-15)9-10-16/h1-4,13,16H,5-10H2. The summed E-state index contributed by atoms with van der Waals surface area (Å²) < 4.78 is 0. The topological polar surface area (TPSA) is 50.5 Å². The number of β-amino-alcohol motifs (C(OH)–C–C–N with tert-alkyl or cyclic N) is 1. The van der Waals surface area contributed by atoms with Gasteiger partial charge >= 0.3 is 0 Å².